The number of rotatable bonds is 2. The second kappa shape index (κ2) is 3.93. The van der Waals surface area contributed by atoms with Gasteiger partial charge in [0.25, 0.3) is 0 Å². The fourth-order valence-electron chi connectivity index (χ4n) is 0.663. The normalized spacial score (nSPS) is 9.18. The van der Waals surface area contributed by atoms with E-state index >= 15 is 0 Å². The van der Waals surface area contributed by atoms with Gasteiger partial charge in [-0.2, -0.15) is 0 Å². The third-order valence-corrected chi connectivity index (χ3v) is 1.27. The zero-order valence-electron chi connectivity index (χ0n) is 5.75. The maximum Gasteiger partial charge on any atom is 0.314 e. The first-order valence-corrected chi connectivity index (χ1v) is 3.50. The summed E-state index contributed by atoms with van der Waals surface area (Å²) in [5, 5.41) is 1.87. The fourth-order valence-corrected chi connectivity index (χ4v) is 0.730. The van der Waals surface area contributed by atoms with E-state index in [-0.39, 0.29) is 0 Å². The molecule has 0 unspecified atom stereocenters. The number of amides is 1. The third-order valence-electron chi connectivity index (χ3n) is 1.13. The van der Waals surface area contributed by atoms with Gasteiger partial charge in [0.2, 0.25) is 0 Å². The molecule has 0 bridgehead atoms. The zero-order valence-corrected chi connectivity index (χ0v) is 6.51. The van der Waals surface area contributed by atoms with E-state index in [0.29, 0.717) is 6.54 Å². The first-order valence-electron chi connectivity index (χ1n) is 3.12. The van der Waals surface area contributed by atoms with Crippen molar-refractivity contribution < 1.29 is 4.79 Å². The average Bonchev–Trinajstić information content (AvgIpc) is 2.03. The summed E-state index contributed by atoms with van der Waals surface area (Å²) in [6.07, 6.45) is 1.66. The molecule has 4 heteroatoms. The Morgan fingerprint density at radius 2 is 2.45 bits per heavy atom. The molecule has 0 saturated carbocycles. The zero-order chi connectivity index (χ0) is 8.10. The van der Waals surface area contributed by atoms with Crippen LogP contribution in [0.25, 0.3) is 0 Å². The van der Waals surface area contributed by atoms with E-state index in [1.807, 2.05) is 18.2 Å². The molecular weight excluding hydrogens is 164 g/mol. The van der Waals surface area contributed by atoms with Gasteiger partial charge in [0, 0.05) is 6.20 Å². The Bertz CT molecular complexity index is 237. The summed E-state index contributed by atoms with van der Waals surface area (Å²) in [5.41, 5.74) is 0.793. The minimum absolute atomic E-state index is 0.378. The molecule has 0 fully saturated rings. The predicted molar refractivity (Wildman–Crippen MR) is 42.3 cm³/mol. The number of nitrogens with zero attached hydrogens (tertiary/aromatic N) is 1. The van der Waals surface area contributed by atoms with Crippen LogP contribution < -0.4 is 5.32 Å². The van der Waals surface area contributed by atoms with E-state index in [1.54, 1.807) is 6.20 Å². The summed E-state index contributed by atoms with van der Waals surface area (Å²) in [7, 11) is 0. The second-order valence-corrected chi connectivity index (χ2v) is 2.29. The minimum atomic E-state index is -0.560. The van der Waals surface area contributed by atoms with E-state index in [9.17, 15) is 4.79 Å². The number of halogens is 1. The first-order chi connectivity index (χ1) is 5.29. The van der Waals surface area contributed by atoms with Crippen molar-refractivity contribution in [2.45, 2.75) is 6.54 Å². The van der Waals surface area contributed by atoms with Crippen molar-refractivity contribution in [3.8, 4) is 0 Å². The van der Waals surface area contributed by atoms with Gasteiger partial charge in [0.1, 0.15) is 0 Å². The Hall–Kier alpha value is -1.09. The lowest BCUT2D eigenvalue weighted by Crippen LogP contribution is -2.16. The predicted octanol–water partition coefficient (Wildman–Crippen LogP) is 1.53. The summed E-state index contributed by atoms with van der Waals surface area (Å²) in [4.78, 5) is 14.2. The highest BCUT2D eigenvalue weighted by Gasteiger charge is 1.94. The van der Waals surface area contributed by atoms with Gasteiger partial charge in [0.15, 0.2) is 0 Å². The largest absolute Gasteiger partial charge is 0.337 e. The molecule has 0 radical (unpaired) electrons. The highest BCUT2D eigenvalue weighted by Crippen LogP contribution is 1.92. The van der Waals surface area contributed by atoms with E-state index in [0.717, 1.165) is 5.69 Å². The SMILES string of the molecule is O=C(Cl)NCc1ccccn1. The first kappa shape index (κ1) is 8.01. The number of aromatic nitrogens is 1. The average molecular weight is 171 g/mol. The van der Waals surface area contributed by atoms with Crippen LogP contribution in [0.1, 0.15) is 5.69 Å². The van der Waals surface area contributed by atoms with Crippen molar-refractivity contribution in [1.29, 1.82) is 0 Å². The van der Waals surface area contributed by atoms with E-state index in [1.165, 1.54) is 0 Å². The Labute approximate surface area is 69.4 Å². The maximum atomic E-state index is 10.2. The van der Waals surface area contributed by atoms with Crippen LogP contribution in [0.3, 0.4) is 0 Å². The molecule has 1 N–H and O–H groups in total. The van der Waals surface area contributed by atoms with Gasteiger partial charge in [0.05, 0.1) is 12.2 Å². The topological polar surface area (TPSA) is 42.0 Å². The molecule has 3 nitrogen and oxygen atoms in total. The highest BCUT2D eigenvalue weighted by atomic mass is 35.5. The molecule has 1 aromatic rings. The van der Waals surface area contributed by atoms with Crippen molar-refractivity contribution in [3.63, 3.8) is 0 Å². The fraction of sp³-hybridized carbons (Fsp3) is 0.143. The number of carbonyl (C=O) groups excluding carboxylic acids is 1. The molecule has 1 aromatic heterocycles. The van der Waals surface area contributed by atoms with Crippen LogP contribution in [0.4, 0.5) is 4.79 Å². The minimum Gasteiger partial charge on any atom is -0.337 e. The molecule has 0 aliphatic carbocycles. The highest BCUT2D eigenvalue weighted by molar-refractivity contribution is 6.62. The molecule has 0 spiro atoms. The van der Waals surface area contributed by atoms with Crippen LogP contribution in [-0.4, -0.2) is 10.4 Å². The molecular formula is C7H7ClN2O. The van der Waals surface area contributed by atoms with Crippen molar-refractivity contribution in [2.24, 2.45) is 0 Å². The van der Waals surface area contributed by atoms with Crippen molar-refractivity contribution in [1.82, 2.24) is 10.3 Å². The molecule has 1 heterocycles. The number of hydrogen-bond donors (Lipinski definition) is 1. The van der Waals surface area contributed by atoms with Crippen LogP contribution >= 0.6 is 11.6 Å². The van der Waals surface area contributed by atoms with E-state index in [2.05, 4.69) is 10.3 Å². The Kier molecular flexibility index (Phi) is 2.86. The lowest BCUT2D eigenvalue weighted by molar-refractivity contribution is 0.259. The lowest BCUT2D eigenvalue weighted by atomic mass is 10.3. The van der Waals surface area contributed by atoms with Gasteiger partial charge in [-0.1, -0.05) is 6.07 Å². The number of hydrogen-bond acceptors (Lipinski definition) is 2. The smallest absolute Gasteiger partial charge is 0.314 e. The van der Waals surface area contributed by atoms with Gasteiger partial charge in [-0.3, -0.25) is 9.78 Å². The van der Waals surface area contributed by atoms with E-state index in [4.69, 9.17) is 11.6 Å². The molecule has 0 aliphatic rings. The van der Waals surface area contributed by atoms with Crippen LogP contribution in [0.2, 0.25) is 0 Å². The van der Waals surface area contributed by atoms with E-state index < -0.39 is 5.37 Å². The lowest BCUT2D eigenvalue weighted by Gasteiger charge is -1.97. The number of carbonyl (C=O) groups is 1. The molecule has 1 amide bonds. The molecule has 11 heavy (non-hydrogen) atoms. The number of nitrogens with one attached hydrogen (secondary N) is 1. The summed E-state index contributed by atoms with van der Waals surface area (Å²) in [6.45, 7) is 0.378. The van der Waals surface area contributed by atoms with Gasteiger partial charge in [-0.05, 0) is 23.7 Å². The van der Waals surface area contributed by atoms with Gasteiger partial charge in [-0.25, -0.2) is 0 Å². The maximum absolute atomic E-state index is 10.2. The van der Waals surface area contributed by atoms with Crippen LogP contribution in [0.5, 0.6) is 0 Å². The molecule has 0 aliphatic heterocycles. The van der Waals surface area contributed by atoms with Crippen molar-refractivity contribution >= 4 is 17.0 Å². The molecule has 0 saturated heterocycles. The van der Waals surface area contributed by atoms with Gasteiger partial charge < -0.3 is 5.32 Å². The van der Waals surface area contributed by atoms with Gasteiger partial charge in [-0.15, -0.1) is 0 Å². The van der Waals surface area contributed by atoms with Crippen molar-refractivity contribution in [2.75, 3.05) is 0 Å². The third kappa shape index (κ3) is 3.00. The van der Waals surface area contributed by atoms with Crippen molar-refractivity contribution in [3.05, 3.63) is 30.1 Å². The Morgan fingerprint density at radius 1 is 1.64 bits per heavy atom. The Balaban J connectivity index is 2.45. The van der Waals surface area contributed by atoms with Crippen LogP contribution in [0, 0.1) is 0 Å². The number of pyridine rings is 1. The summed E-state index contributed by atoms with van der Waals surface area (Å²) in [5.74, 6) is 0. The molecule has 0 aromatic carbocycles. The second-order valence-electron chi connectivity index (χ2n) is 1.95. The van der Waals surface area contributed by atoms with Gasteiger partial charge >= 0.3 is 5.37 Å². The van der Waals surface area contributed by atoms with Crippen LogP contribution in [0.15, 0.2) is 24.4 Å². The van der Waals surface area contributed by atoms with Crippen LogP contribution in [-0.2, 0) is 6.54 Å². The Morgan fingerprint density at radius 3 is 3.00 bits per heavy atom. The summed E-state index contributed by atoms with van der Waals surface area (Å²) < 4.78 is 0. The summed E-state index contributed by atoms with van der Waals surface area (Å²) >= 11 is 5.05. The quantitative estimate of drug-likeness (QED) is 0.540. The standard InChI is InChI=1S/C7H7ClN2O/c8-7(11)10-5-6-3-1-2-4-9-6/h1-4H,5H2,(H,10,11). The molecule has 58 valence electrons. The molecule has 0 atom stereocenters. The summed E-state index contributed by atoms with van der Waals surface area (Å²) in [6, 6.07) is 5.47. The molecule has 1 rings (SSSR count). The monoisotopic (exact) mass is 170 g/mol.